The summed E-state index contributed by atoms with van der Waals surface area (Å²) in [6, 6.07) is 0.379. The van der Waals surface area contributed by atoms with Gasteiger partial charge in [0.2, 0.25) is 0 Å². The van der Waals surface area contributed by atoms with E-state index in [0.29, 0.717) is 12.1 Å². The average molecular weight is 255 g/mol. The molecule has 0 radical (unpaired) electrons. The fourth-order valence-electron chi connectivity index (χ4n) is 3.34. The van der Waals surface area contributed by atoms with Crippen LogP contribution < -0.4 is 10.9 Å². The van der Waals surface area contributed by atoms with E-state index in [1.807, 2.05) is 0 Å². The first-order valence-electron chi connectivity index (χ1n) is 7.30. The minimum absolute atomic E-state index is 0.444. The Kier molecular flexibility index (Phi) is 5.26. The Labute approximate surface area is 109 Å². The van der Waals surface area contributed by atoms with Crippen LogP contribution in [0.2, 0.25) is 0 Å². The number of urea groups is 1. The molecule has 0 unspecified atom stereocenters. The van der Waals surface area contributed by atoms with Gasteiger partial charge < -0.3 is 0 Å². The van der Waals surface area contributed by atoms with E-state index in [1.165, 1.54) is 38.5 Å². The van der Waals surface area contributed by atoms with Crippen LogP contribution in [-0.4, -0.2) is 28.3 Å². The molecular weight excluding hydrogens is 230 g/mol. The van der Waals surface area contributed by atoms with Gasteiger partial charge in [-0.2, -0.15) is 0 Å². The van der Waals surface area contributed by atoms with Crippen molar-refractivity contribution in [3.8, 4) is 0 Å². The van der Waals surface area contributed by atoms with Gasteiger partial charge in [-0.3, -0.25) is 10.6 Å². The second-order valence-corrected chi connectivity index (χ2v) is 5.54. The van der Waals surface area contributed by atoms with Crippen molar-refractivity contribution in [2.45, 2.75) is 76.3 Å². The Morgan fingerprint density at radius 3 is 1.72 bits per heavy atom. The van der Waals surface area contributed by atoms with E-state index >= 15 is 0 Å². The second kappa shape index (κ2) is 6.95. The molecular formula is C13H25N3O2. The second-order valence-electron chi connectivity index (χ2n) is 5.54. The number of amides is 2. The third-order valence-corrected chi connectivity index (χ3v) is 4.27. The molecule has 2 aliphatic rings. The van der Waals surface area contributed by atoms with E-state index in [1.54, 1.807) is 5.48 Å². The van der Waals surface area contributed by atoms with Crippen LogP contribution in [0.15, 0.2) is 0 Å². The smallest absolute Gasteiger partial charge is 0.287 e. The van der Waals surface area contributed by atoms with Crippen molar-refractivity contribution in [3.63, 3.8) is 0 Å². The first-order valence-corrected chi connectivity index (χ1v) is 7.30. The molecule has 18 heavy (non-hydrogen) atoms. The van der Waals surface area contributed by atoms with Gasteiger partial charge in [-0.25, -0.2) is 15.3 Å². The Morgan fingerprint density at radius 2 is 1.33 bits per heavy atom. The summed E-state index contributed by atoms with van der Waals surface area (Å²) >= 11 is 0. The molecule has 0 bridgehead atoms. The summed E-state index contributed by atoms with van der Waals surface area (Å²) in [5, 5.41) is 10.8. The van der Waals surface area contributed by atoms with Crippen LogP contribution in [0.25, 0.3) is 0 Å². The zero-order valence-electron chi connectivity index (χ0n) is 11.0. The summed E-state index contributed by atoms with van der Waals surface area (Å²) in [5.41, 5.74) is 4.52. The minimum atomic E-state index is -0.508. The fraction of sp³-hybridized carbons (Fsp3) is 0.923. The highest BCUT2D eigenvalue weighted by Gasteiger charge is 2.29. The molecule has 2 rings (SSSR count). The highest BCUT2D eigenvalue weighted by Crippen LogP contribution is 2.28. The predicted molar refractivity (Wildman–Crippen MR) is 69.0 cm³/mol. The van der Waals surface area contributed by atoms with Gasteiger partial charge in [0.05, 0.1) is 0 Å². The molecule has 5 heteroatoms. The van der Waals surface area contributed by atoms with Gasteiger partial charge in [-0.15, -0.1) is 0 Å². The van der Waals surface area contributed by atoms with E-state index < -0.39 is 6.03 Å². The number of hydroxylamine groups is 1. The van der Waals surface area contributed by atoms with Gasteiger partial charge in [0.1, 0.15) is 0 Å². The third kappa shape index (κ3) is 3.59. The summed E-state index contributed by atoms with van der Waals surface area (Å²) < 4.78 is 0. The first-order chi connectivity index (χ1) is 8.81. The molecule has 0 aromatic carbocycles. The lowest BCUT2D eigenvalue weighted by molar-refractivity contribution is 0.0336. The molecule has 0 saturated heterocycles. The fourth-order valence-corrected chi connectivity index (χ4v) is 3.34. The number of hydrogen-bond acceptors (Lipinski definition) is 3. The molecule has 0 aromatic rings. The molecule has 2 aliphatic carbocycles. The SMILES string of the molecule is O=C(NO)NN(C1CCCCC1)C1CCCCC1. The normalized spacial score (nSPS) is 23.0. The Balaban J connectivity index is 1.97. The van der Waals surface area contributed by atoms with E-state index in [4.69, 9.17) is 5.21 Å². The van der Waals surface area contributed by atoms with Crippen LogP contribution in [0.5, 0.6) is 0 Å². The van der Waals surface area contributed by atoms with Crippen molar-refractivity contribution < 1.29 is 10.0 Å². The van der Waals surface area contributed by atoms with E-state index in [9.17, 15) is 4.79 Å². The summed E-state index contributed by atoms with van der Waals surface area (Å²) in [6.45, 7) is 0. The zero-order valence-corrected chi connectivity index (χ0v) is 11.0. The van der Waals surface area contributed by atoms with E-state index in [-0.39, 0.29) is 0 Å². The third-order valence-electron chi connectivity index (χ3n) is 4.27. The molecule has 0 aliphatic heterocycles. The lowest BCUT2D eigenvalue weighted by atomic mass is 9.90. The van der Waals surface area contributed by atoms with Crippen LogP contribution in [0.3, 0.4) is 0 Å². The Bertz CT molecular complexity index is 243. The van der Waals surface area contributed by atoms with Gasteiger partial charge in [0, 0.05) is 12.1 Å². The van der Waals surface area contributed by atoms with E-state index in [2.05, 4.69) is 10.4 Å². The minimum Gasteiger partial charge on any atom is -0.287 e. The molecule has 2 fully saturated rings. The lowest BCUT2D eigenvalue weighted by Crippen LogP contribution is -2.56. The molecule has 0 atom stereocenters. The lowest BCUT2D eigenvalue weighted by Gasteiger charge is -2.41. The number of hydrazine groups is 1. The van der Waals surface area contributed by atoms with Crippen molar-refractivity contribution in [1.29, 1.82) is 0 Å². The average Bonchev–Trinajstić information content (AvgIpc) is 2.46. The molecule has 2 saturated carbocycles. The topological polar surface area (TPSA) is 64.6 Å². The molecule has 0 aromatic heterocycles. The molecule has 3 N–H and O–H groups in total. The van der Waals surface area contributed by atoms with E-state index in [0.717, 1.165) is 25.7 Å². The van der Waals surface area contributed by atoms with Crippen molar-refractivity contribution in [1.82, 2.24) is 15.9 Å². The molecule has 104 valence electrons. The highest BCUT2D eigenvalue weighted by atomic mass is 16.5. The highest BCUT2D eigenvalue weighted by molar-refractivity contribution is 5.71. The van der Waals surface area contributed by atoms with Crippen LogP contribution in [0.1, 0.15) is 64.2 Å². The van der Waals surface area contributed by atoms with Crippen LogP contribution in [-0.2, 0) is 0 Å². The van der Waals surface area contributed by atoms with Crippen LogP contribution >= 0.6 is 0 Å². The Hall–Kier alpha value is -0.810. The van der Waals surface area contributed by atoms with Crippen molar-refractivity contribution >= 4 is 6.03 Å². The zero-order chi connectivity index (χ0) is 12.8. The quantitative estimate of drug-likeness (QED) is 0.536. The van der Waals surface area contributed by atoms with Gasteiger partial charge >= 0.3 is 6.03 Å². The number of nitrogens with one attached hydrogen (secondary N) is 2. The standard InChI is InChI=1S/C13H25N3O2/c17-13(15-18)14-16(11-7-3-1-4-8-11)12-9-5-2-6-10-12/h11-12,18H,1-10H2,(H2,14,15,17). The largest absolute Gasteiger partial charge is 0.353 e. The summed E-state index contributed by atoms with van der Waals surface area (Å²) in [5.74, 6) is 0. The molecule has 0 heterocycles. The number of rotatable bonds is 3. The van der Waals surface area contributed by atoms with Gasteiger partial charge in [-0.05, 0) is 25.7 Å². The van der Waals surface area contributed by atoms with Crippen molar-refractivity contribution in [3.05, 3.63) is 0 Å². The van der Waals surface area contributed by atoms with Gasteiger partial charge in [-0.1, -0.05) is 38.5 Å². The monoisotopic (exact) mass is 255 g/mol. The maximum absolute atomic E-state index is 11.4. The van der Waals surface area contributed by atoms with Gasteiger partial charge in [0.25, 0.3) is 0 Å². The number of hydrogen-bond donors (Lipinski definition) is 3. The maximum Gasteiger partial charge on any atom is 0.353 e. The Morgan fingerprint density at radius 1 is 0.889 bits per heavy atom. The number of carbonyl (C=O) groups excluding carboxylic acids is 1. The maximum atomic E-state index is 11.4. The molecule has 0 spiro atoms. The van der Waals surface area contributed by atoms with Gasteiger partial charge in [0.15, 0.2) is 0 Å². The molecule has 5 nitrogen and oxygen atoms in total. The summed E-state index contributed by atoms with van der Waals surface area (Å²) in [6.07, 6.45) is 12.2. The summed E-state index contributed by atoms with van der Waals surface area (Å²) in [7, 11) is 0. The van der Waals surface area contributed by atoms with Crippen LogP contribution in [0, 0.1) is 0 Å². The number of nitrogens with zero attached hydrogens (tertiary/aromatic N) is 1. The van der Waals surface area contributed by atoms with Crippen molar-refractivity contribution in [2.24, 2.45) is 0 Å². The molecule has 2 amide bonds. The summed E-state index contributed by atoms with van der Waals surface area (Å²) in [4.78, 5) is 11.4. The number of carbonyl (C=O) groups is 1. The first kappa shape index (κ1) is 13.6. The predicted octanol–water partition coefficient (Wildman–Crippen LogP) is 2.56. The van der Waals surface area contributed by atoms with Crippen molar-refractivity contribution in [2.75, 3.05) is 0 Å². The van der Waals surface area contributed by atoms with Crippen LogP contribution in [0.4, 0.5) is 4.79 Å².